The molecular formula is C20H15N3O2S. The van der Waals surface area contributed by atoms with Gasteiger partial charge in [0.15, 0.2) is 0 Å². The minimum atomic E-state index is -0.199. The van der Waals surface area contributed by atoms with Crippen molar-refractivity contribution in [3.05, 3.63) is 82.5 Å². The SMILES string of the molecule is O=C(Cn1ncc(=O)c2ccccc21)Nc1ccccc1-c1cccs1. The van der Waals surface area contributed by atoms with E-state index in [-0.39, 0.29) is 17.9 Å². The van der Waals surface area contributed by atoms with E-state index in [1.165, 1.54) is 6.20 Å². The highest BCUT2D eigenvalue weighted by Crippen LogP contribution is 2.31. The van der Waals surface area contributed by atoms with Gasteiger partial charge < -0.3 is 5.32 Å². The molecule has 0 unspecified atom stereocenters. The van der Waals surface area contributed by atoms with Gasteiger partial charge in [0.2, 0.25) is 11.3 Å². The predicted molar refractivity (Wildman–Crippen MR) is 104 cm³/mol. The quantitative estimate of drug-likeness (QED) is 0.602. The zero-order valence-corrected chi connectivity index (χ0v) is 14.6. The van der Waals surface area contributed by atoms with Crippen LogP contribution in [-0.2, 0) is 11.3 Å². The van der Waals surface area contributed by atoms with Crippen LogP contribution in [0.5, 0.6) is 0 Å². The molecule has 5 nitrogen and oxygen atoms in total. The fourth-order valence-corrected chi connectivity index (χ4v) is 3.62. The molecule has 1 amide bonds. The summed E-state index contributed by atoms with van der Waals surface area (Å²) in [7, 11) is 0. The van der Waals surface area contributed by atoms with Crippen LogP contribution in [0.25, 0.3) is 21.3 Å². The average molecular weight is 361 g/mol. The van der Waals surface area contributed by atoms with Crippen LogP contribution in [-0.4, -0.2) is 15.7 Å². The van der Waals surface area contributed by atoms with E-state index in [1.807, 2.05) is 47.8 Å². The lowest BCUT2D eigenvalue weighted by Gasteiger charge is -2.12. The van der Waals surface area contributed by atoms with E-state index in [4.69, 9.17) is 0 Å². The number of thiophene rings is 1. The molecule has 0 fully saturated rings. The van der Waals surface area contributed by atoms with Crippen molar-refractivity contribution >= 4 is 33.8 Å². The number of anilines is 1. The van der Waals surface area contributed by atoms with Crippen molar-refractivity contribution in [2.24, 2.45) is 0 Å². The lowest BCUT2D eigenvalue weighted by molar-refractivity contribution is -0.116. The Labute approximate surface area is 153 Å². The standard InChI is InChI=1S/C20H15N3O2S/c24-18-12-21-23(17-9-4-2-7-15(17)18)13-20(25)22-16-8-3-1-6-14(16)19-10-5-11-26-19/h1-12H,13H2,(H,22,25). The number of nitrogens with one attached hydrogen (secondary N) is 1. The van der Waals surface area contributed by atoms with Crippen LogP contribution in [0.1, 0.15) is 0 Å². The molecule has 128 valence electrons. The van der Waals surface area contributed by atoms with Crippen LogP contribution in [0.4, 0.5) is 5.69 Å². The van der Waals surface area contributed by atoms with E-state index in [1.54, 1.807) is 34.2 Å². The van der Waals surface area contributed by atoms with Gasteiger partial charge in [0.25, 0.3) is 0 Å². The van der Waals surface area contributed by atoms with Crippen molar-refractivity contribution in [1.82, 2.24) is 9.78 Å². The van der Waals surface area contributed by atoms with Crippen LogP contribution in [0.3, 0.4) is 0 Å². The van der Waals surface area contributed by atoms with Gasteiger partial charge in [-0.25, -0.2) is 0 Å². The maximum absolute atomic E-state index is 12.6. The lowest BCUT2D eigenvalue weighted by atomic mass is 10.1. The van der Waals surface area contributed by atoms with E-state index in [0.717, 1.165) is 16.1 Å². The number of aromatic nitrogens is 2. The number of hydrogen-bond acceptors (Lipinski definition) is 4. The summed E-state index contributed by atoms with van der Waals surface area (Å²) in [4.78, 5) is 25.6. The second-order valence-corrected chi connectivity index (χ2v) is 6.70. The molecule has 2 heterocycles. The number of nitrogens with zero attached hydrogens (tertiary/aromatic N) is 2. The zero-order chi connectivity index (χ0) is 17.9. The summed E-state index contributed by atoms with van der Waals surface area (Å²) >= 11 is 1.62. The van der Waals surface area contributed by atoms with Crippen LogP contribution < -0.4 is 10.7 Å². The second kappa shape index (κ2) is 6.93. The van der Waals surface area contributed by atoms with Crippen molar-refractivity contribution in [3.63, 3.8) is 0 Å². The van der Waals surface area contributed by atoms with Gasteiger partial charge in [-0.05, 0) is 29.6 Å². The number of hydrogen-bond donors (Lipinski definition) is 1. The molecule has 2 aromatic carbocycles. The van der Waals surface area contributed by atoms with Gasteiger partial charge in [-0.1, -0.05) is 36.4 Å². The third-order valence-electron chi connectivity index (χ3n) is 4.04. The Balaban J connectivity index is 1.62. The lowest BCUT2D eigenvalue weighted by Crippen LogP contribution is -2.22. The summed E-state index contributed by atoms with van der Waals surface area (Å²) in [5.74, 6) is -0.199. The summed E-state index contributed by atoms with van der Waals surface area (Å²) in [6.45, 7) is 0.0273. The summed E-state index contributed by atoms with van der Waals surface area (Å²) < 4.78 is 1.54. The normalized spacial score (nSPS) is 10.8. The molecule has 0 aliphatic rings. The monoisotopic (exact) mass is 361 g/mol. The summed E-state index contributed by atoms with van der Waals surface area (Å²) in [6, 6.07) is 18.8. The van der Waals surface area contributed by atoms with Gasteiger partial charge in [0, 0.05) is 21.5 Å². The molecular weight excluding hydrogens is 346 g/mol. The highest BCUT2D eigenvalue weighted by Gasteiger charge is 2.11. The number of carbonyl (C=O) groups is 1. The van der Waals surface area contributed by atoms with Gasteiger partial charge in [-0.15, -0.1) is 11.3 Å². The Bertz CT molecular complexity index is 1130. The molecule has 4 rings (SSSR count). The summed E-state index contributed by atoms with van der Waals surface area (Å²) in [5.41, 5.74) is 2.22. The van der Waals surface area contributed by atoms with E-state index < -0.39 is 0 Å². The highest BCUT2D eigenvalue weighted by atomic mass is 32.1. The van der Waals surface area contributed by atoms with E-state index in [0.29, 0.717) is 10.9 Å². The maximum atomic E-state index is 12.6. The number of para-hydroxylation sites is 2. The Hall–Kier alpha value is -3.25. The molecule has 4 aromatic rings. The molecule has 26 heavy (non-hydrogen) atoms. The first-order valence-electron chi connectivity index (χ1n) is 8.10. The highest BCUT2D eigenvalue weighted by molar-refractivity contribution is 7.13. The molecule has 0 atom stereocenters. The van der Waals surface area contributed by atoms with Crippen molar-refractivity contribution in [2.75, 3.05) is 5.32 Å². The smallest absolute Gasteiger partial charge is 0.246 e. The largest absolute Gasteiger partial charge is 0.324 e. The number of fused-ring (bicyclic) bond motifs is 1. The molecule has 6 heteroatoms. The number of carbonyl (C=O) groups excluding carboxylic acids is 1. The third-order valence-corrected chi connectivity index (χ3v) is 4.95. The summed E-state index contributed by atoms with van der Waals surface area (Å²) in [5, 5.41) is 9.62. The first-order valence-corrected chi connectivity index (χ1v) is 8.98. The minimum Gasteiger partial charge on any atom is -0.324 e. The Morgan fingerprint density at radius 3 is 2.69 bits per heavy atom. The van der Waals surface area contributed by atoms with E-state index in [9.17, 15) is 9.59 Å². The molecule has 0 saturated carbocycles. The molecule has 0 bridgehead atoms. The first-order chi connectivity index (χ1) is 12.7. The first kappa shape index (κ1) is 16.2. The van der Waals surface area contributed by atoms with Crippen LogP contribution in [0.15, 0.2) is 77.0 Å². The zero-order valence-electron chi connectivity index (χ0n) is 13.8. The van der Waals surface area contributed by atoms with Crippen molar-refractivity contribution in [3.8, 4) is 10.4 Å². The van der Waals surface area contributed by atoms with Crippen LogP contribution in [0.2, 0.25) is 0 Å². The fraction of sp³-hybridized carbons (Fsp3) is 0.0500. The van der Waals surface area contributed by atoms with Crippen molar-refractivity contribution in [1.29, 1.82) is 0 Å². The average Bonchev–Trinajstić information content (AvgIpc) is 3.19. The van der Waals surface area contributed by atoms with Gasteiger partial charge in [-0.3, -0.25) is 14.3 Å². The molecule has 0 radical (unpaired) electrons. The van der Waals surface area contributed by atoms with Crippen LogP contribution in [0, 0.1) is 0 Å². The molecule has 1 N–H and O–H groups in total. The maximum Gasteiger partial charge on any atom is 0.246 e. The van der Waals surface area contributed by atoms with Crippen LogP contribution >= 0.6 is 11.3 Å². The van der Waals surface area contributed by atoms with Crippen molar-refractivity contribution < 1.29 is 4.79 Å². The van der Waals surface area contributed by atoms with Crippen molar-refractivity contribution in [2.45, 2.75) is 6.54 Å². The molecule has 0 spiro atoms. The number of amides is 1. The van der Waals surface area contributed by atoms with Gasteiger partial charge in [-0.2, -0.15) is 5.10 Å². The Morgan fingerprint density at radius 1 is 1.04 bits per heavy atom. The molecule has 0 aliphatic carbocycles. The Morgan fingerprint density at radius 2 is 1.85 bits per heavy atom. The Kier molecular flexibility index (Phi) is 4.33. The summed E-state index contributed by atoms with van der Waals surface area (Å²) in [6.07, 6.45) is 1.25. The second-order valence-electron chi connectivity index (χ2n) is 5.75. The topological polar surface area (TPSA) is 64.0 Å². The predicted octanol–water partition coefficient (Wildman–Crippen LogP) is 3.76. The third kappa shape index (κ3) is 3.14. The fourth-order valence-electron chi connectivity index (χ4n) is 2.85. The van der Waals surface area contributed by atoms with Gasteiger partial charge >= 0.3 is 0 Å². The number of rotatable bonds is 4. The van der Waals surface area contributed by atoms with Gasteiger partial charge in [0.1, 0.15) is 6.54 Å². The minimum absolute atomic E-state index is 0.0273. The molecule has 0 saturated heterocycles. The molecule has 0 aliphatic heterocycles. The van der Waals surface area contributed by atoms with E-state index >= 15 is 0 Å². The van der Waals surface area contributed by atoms with Gasteiger partial charge in [0.05, 0.1) is 11.7 Å². The molecule has 2 aromatic heterocycles. The number of benzene rings is 2. The van der Waals surface area contributed by atoms with E-state index in [2.05, 4.69) is 10.4 Å².